The summed E-state index contributed by atoms with van der Waals surface area (Å²) >= 11 is 0. The Hall–Kier alpha value is -2.38. The van der Waals surface area contributed by atoms with E-state index in [1.165, 1.54) is 12.4 Å². The minimum atomic E-state index is -0.267. The van der Waals surface area contributed by atoms with Crippen molar-refractivity contribution in [2.45, 2.75) is 31.2 Å². The van der Waals surface area contributed by atoms with Crippen LogP contribution in [-0.2, 0) is 16.1 Å². The van der Waals surface area contributed by atoms with Crippen molar-refractivity contribution in [2.75, 3.05) is 19.7 Å². The van der Waals surface area contributed by atoms with Gasteiger partial charge in [-0.3, -0.25) is 9.78 Å². The first kappa shape index (κ1) is 16.1. The van der Waals surface area contributed by atoms with Crippen molar-refractivity contribution in [3.05, 3.63) is 54.1 Å². The molecule has 7 nitrogen and oxygen atoms in total. The van der Waals surface area contributed by atoms with E-state index in [9.17, 15) is 4.79 Å². The second-order valence-corrected chi connectivity index (χ2v) is 6.61. The van der Waals surface area contributed by atoms with Crippen LogP contribution >= 0.6 is 0 Å². The molecule has 2 fully saturated rings. The highest BCUT2D eigenvalue weighted by Crippen LogP contribution is 2.36. The molecule has 0 bridgehead atoms. The van der Waals surface area contributed by atoms with Gasteiger partial charge in [0.15, 0.2) is 0 Å². The van der Waals surface area contributed by atoms with Crippen LogP contribution in [0.2, 0.25) is 0 Å². The topological polar surface area (TPSA) is 77.4 Å². The Morgan fingerprint density at radius 2 is 2.08 bits per heavy atom. The van der Waals surface area contributed by atoms with Gasteiger partial charge in [0.05, 0.1) is 43.8 Å². The normalized spacial score (nSPS) is 21.8. The van der Waals surface area contributed by atoms with Gasteiger partial charge in [0.2, 0.25) is 0 Å². The molecule has 0 radical (unpaired) electrons. The minimum absolute atomic E-state index is 0.0241. The lowest BCUT2D eigenvalue weighted by Crippen LogP contribution is -2.67. The fraction of sp³-hybridized carbons (Fsp3) is 0.444. The average molecular weight is 340 g/mol. The van der Waals surface area contributed by atoms with Crippen LogP contribution in [0, 0.1) is 0 Å². The molecule has 2 aliphatic heterocycles. The molecule has 2 saturated heterocycles. The highest BCUT2D eigenvalue weighted by molar-refractivity contribution is 5.94. The van der Waals surface area contributed by atoms with Crippen LogP contribution < -0.4 is 0 Å². The third-order valence-electron chi connectivity index (χ3n) is 4.76. The molecule has 2 aromatic heterocycles. The molecule has 0 aliphatic carbocycles. The van der Waals surface area contributed by atoms with Gasteiger partial charge in [-0.2, -0.15) is 10.2 Å². The Balaban J connectivity index is 1.31. The number of carbonyl (C=O) groups excluding carboxylic acids is 1. The van der Waals surface area contributed by atoms with Gasteiger partial charge >= 0.3 is 0 Å². The first-order chi connectivity index (χ1) is 12.2. The first-order valence-corrected chi connectivity index (χ1v) is 8.45. The van der Waals surface area contributed by atoms with Crippen molar-refractivity contribution in [3.8, 4) is 0 Å². The zero-order valence-electron chi connectivity index (χ0n) is 13.9. The van der Waals surface area contributed by atoms with E-state index in [0.717, 1.165) is 18.4 Å². The fourth-order valence-electron chi connectivity index (χ4n) is 3.43. The van der Waals surface area contributed by atoms with E-state index in [4.69, 9.17) is 9.47 Å². The molecule has 1 amide bonds. The maximum atomic E-state index is 12.4. The molecular weight excluding hydrogens is 320 g/mol. The van der Waals surface area contributed by atoms with Crippen molar-refractivity contribution in [1.82, 2.24) is 20.1 Å². The zero-order valence-corrected chi connectivity index (χ0v) is 13.9. The summed E-state index contributed by atoms with van der Waals surface area (Å²) in [5.74, 6) is -0.0241. The molecule has 0 N–H and O–H groups in total. The smallest absolute Gasteiger partial charge is 0.255 e. The maximum Gasteiger partial charge on any atom is 0.255 e. The van der Waals surface area contributed by atoms with E-state index < -0.39 is 0 Å². The van der Waals surface area contributed by atoms with Crippen molar-refractivity contribution < 1.29 is 14.3 Å². The monoisotopic (exact) mass is 340 g/mol. The molecule has 25 heavy (non-hydrogen) atoms. The Kier molecular flexibility index (Phi) is 4.42. The van der Waals surface area contributed by atoms with Crippen LogP contribution in [-0.4, -0.2) is 57.4 Å². The van der Waals surface area contributed by atoms with Crippen molar-refractivity contribution >= 4 is 5.91 Å². The average Bonchev–Trinajstić information content (AvgIpc) is 2.65. The largest absolute Gasteiger partial charge is 0.373 e. The van der Waals surface area contributed by atoms with Crippen LogP contribution in [0.3, 0.4) is 0 Å². The Labute approximate surface area is 146 Å². The van der Waals surface area contributed by atoms with Gasteiger partial charge in [0, 0.05) is 25.4 Å². The van der Waals surface area contributed by atoms with E-state index in [-0.39, 0.29) is 17.6 Å². The van der Waals surface area contributed by atoms with E-state index in [1.807, 2.05) is 12.1 Å². The Morgan fingerprint density at radius 3 is 2.84 bits per heavy atom. The molecular formula is C18H20N4O3. The van der Waals surface area contributed by atoms with E-state index in [1.54, 1.807) is 23.4 Å². The van der Waals surface area contributed by atoms with Gasteiger partial charge in [0.1, 0.15) is 5.60 Å². The molecule has 4 heterocycles. The number of pyridine rings is 1. The second kappa shape index (κ2) is 6.85. The van der Waals surface area contributed by atoms with Crippen LogP contribution in [0.15, 0.2) is 43.0 Å². The quantitative estimate of drug-likeness (QED) is 0.839. The van der Waals surface area contributed by atoms with Gasteiger partial charge in [0.25, 0.3) is 5.91 Å². The van der Waals surface area contributed by atoms with E-state index >= 15 is 0 Å². The highest BCUT2D eigenvalue weighted by Gasteiger charge is 2.49. The van der Waals surface area contributed by atoms with Gasteiger partial charge in [-0.15, -0.1) is 0 Å². The van der Waals surface area contributed by atoms with Gasteiger partial charge in [-0.05, 0) is 30.2 Å². The number of amides is 1. The molecule has 7 heteroatoms. The number of carbonyl (C=O) groups is 1. The third-order valence-corrected chi connectivity index (χ3v) is 4.76. The molecule has 1 spiro atoms. The summed E-state index contributed by atoms with van der Waals surface area (Å²) in [5.41, 5.74) is 1.41. The van der Waals surface area contributed by atoms with Gasteiger partial charge in [-0.1, -0.05) is 0 Å². The lowest BCUT2D eigenvalue weighted by Gasteiger charge is -2.53. The number of aromatic nitrogens is 3. The fourth-order valence-corrected chi connectivity index (χ4v) is 3.43. The zero-order chi connectivity index (χ0) is 17.1. The molecule has 1 unspecified atom stereocenters. The van der Waals surface area contributed by atoms with Gasteiger partial charge in [-0.25, -0.2) is 0 Å². The summed E-state index contributed by atoms with van der Waals surface area (Å²) in [7, 11) is 0. The van der Waals surface area contributed by atoms with Crippen LogP contribution in [0.25, 0.3) is 0 Å². The predicted octanol–water partition coefficient (Wildman–Crippen LogP) is 1.46. The van der Waals surface area contributed by atoms with Gasteiger partial charge < -0.3 is 14.4 Å². The number of ether oxygens (including phenoxy) is 2. The van der Waals surface area contributed by atoms with Crippen molar-refractivity contribution in [1.29, 1.82) is 0 Å². The highest BCUT2D eigenvalue weighted by atomic mass is 16.5. The maximum absolute atomic E-state index is 12.4. The van der Waals surface area contributed by atoms with Crippen molar-refractivity contribution in [2.24, 2.45) is 0 Å². The molecule has 2 aliphatic rings. The van der Waals surface area contributed by atoms with Crippen LogP contribution in [0.4, 0.5) is 0 Å². The molecule has 1 atom stereocenters. The second-order valence-electron chi connectivity index (χ2n) is 6.61. The Bertz CT molecular complexity index is 720. The van der Waals surface area contributed by atoms with E-state index in [2.05, 4.69) is 15.2 Å². The third kappa shape index (κ3) is 3.52. The summed E-state index contributed by atoms with van der Waals surface area (Å²) in [4.78, 5) is 18.2. The first-order valence-electron chi connectivity index (χ1n) is 8.45. The number of likely N-dealkylation sites (tertiary alicyclic amines) is 1. The molecule has 4 rings (SSSR count). The van der Waals surface area contributed by atoms with Crippen LogP contribution in [0.1, 0.15) is 28.8 Å². The minimum Gasteiger partial charge on any atom is -0.373 e. The lowest BCUT2D eigenvalue weighted by atomic mass is 9.84. The Morgan fingerprint density at radius 1 is 1.24 bits per heavy atom. The number of hydrogen-bond acceptors (Lipinski definition) is 6. The summed E-state index contributed by atoms with van der Waals surface area (Å²) in [6, 6.07) is 5.60. The summed E-state index contributed by atoms with van der Waals surface area (Å²) in [6.45, 7) is 2.45. The number of nitrogens with zero attached hydrogens (tertiary/aromatic N) is 4. The molecule has 130 valence electrons. The summed E-state index contributed by atoms with van der Waals surface area (Å²) in [5, 5.41) is 7.47. The molecule has 2 aromatic rings. The summed E-state index contributed by atoms with van der Waals surface area (Å²) < 4.78 is 12.0. The standard InChI is InChI=1S/C18H20N4O3/c23-17(15-3-7-20-21-10-15)22-12-18(13-22)9-16(4-8-25-18)24-11-14-1-5-19-6-2-14/h1-3,5-7,10,16H,4,8-9,11-13H2. The molecule has 0 saturated carbocycles. The van der Waals surface area contributed by atoms with Crippen LogP contribution in [0.5, 0.6) is 0 Å². The SMILES string of the molecule is O=C(c1ccnnc1)N1CC2(CC(OCc3ccncc3)CCO2)C1. The lowest BCUT2D eigenvalue weighted by molar-refractivity contribution is -0.188. The summed E-state index contributed by atoms with van der Waals surface area (Å²) in [6.07, 6.45) is 8.42. The van der Waals surface area contributed by atoms with Crippen molar-refractivity contribution in [3.63, 3.8) is 0 Å². The number of hydrogen-bond donors (Lipinski definition) is 0. The van der Waals surface area contributed by atoms with E-state index in [0.29, 0.717) is 31.9 Å². The number of rotatable bonds is 4. The predicted molar refractivity (Wildman–Crippen MR) is 88.7 cm³/mol. The molecule has 0 aromatic carbocycles.